The fourth-order valence-corrected chi connectivity index (χ4v) is 1.24. The number of phenols is 2. The SMILES string of the molecule is CC.CC[C@@H](C)Cc1ccc(O)c(O)c1. The van der Waals surface area contributed by atoms with Gasteiger partial charge in [-0.2, -0.15) is 0 Å². The van der Waals surface area contributed by atoms with E-state index in [0.717, 1.165) is 18.4 Å². The van der Waals surface area contributed by atoms with Crippen LogP contribution in [0.25, 0.3) is 0 Å². The second-order valence-corrected chi connectivity index (χ2v) is 3.54. The molecule has 0 spiro atoms. The van der Waals surface area contributed by atoms with E-state index in [1.807, 2.05) is 19.9 Å². The molecular formula is C13H22O2. The van der Waals surface area contributed by atoms with Crippen LogP contribution in [0.4, 0.5) is 0 Å². The van der Waals surface area contributed by atoms with Crippen molar-refractivity contribution < 1.29 is 10.2 Å². The summed E-state index contributed by atoms with van der Waals surface area (Å²) < 4.78 is 0. The number of hydrogen-bond donors (Lipinski definition) is 2. The van der Waals surface area contributed by atoms with E-state index in [2.05, 4.69) is 13.8 Å². The Hall–Kier alpha value is -1.18. The summed E-state index contributed by atoms with van der Waals surface area (Å²) in [5.74, 6) is 0.539. The van der Waals surface area contributed by atoms with E-state index >= 15 is 0 Å². The fraction of sp³-hybridized carbons (Fsp3) is 0.538. The van der Waals surface area contributed by atoms with Crippen LogP contribution < -0.4 is 0 Å². The van der Waals surface area contributed by atoms with Crippen molar-refractivity contribution in [2.45, 2.75) is 40.5 Å². The third-order valence-electron chi connectivity index (χ3n) is 2.32. The maximum atomic E-state index is 9.24. The Bertz CT molecular complexity index is 282. The third kappa shape index (κ3) is 4.73. The molecule has 2 heteroatoms. The van der Waals surface area contributed by atoms with Crippen LogP contribution in [0.3, 0.4) is 0 Å². The maximum Gasteiger partial charge on any atom is 0.157 e. The summed E-state index contributed by atoms with van der Waals surface area (Å²) in [5, 5.41) is 18.3. The predicted octanol–water partition coefficient (Wildman–Crippen LogP) is 3.71. The van der Waals surface area contributed by atoms with E-state index in [0.29, 0.717) is 5.92 Å². The van der Waals surface area contributed by atoms with E-state index < -0.39 is 0 Å². The molecule has 2 nitrogen and oxygen atoms in total. The average molecular weight is 210 g/mol. The molecule has 0 unspecified atom stereocenters. The van der Waals surface area contributed by atoms with E-state index in [1.54, 1.807) is 6.07 Å². The fourth-order valence-electron chi connectivity index (χ4n) is 1.24. The molecule has 0 fully saturated rings. The van der Waals surface area contributed by atoms with Crippen molar-refractivity contribution in [3.05, 3.63) is 23.8 Å². The van der Waals surface area contributed by atoms with Gasteiger partial charge in [0.1, 0.15) is 0 Å². The van der Waals surface area contributed by atoms with Crippen LogP contribution in [-0.4, -0.2) is 10.2 Å². The smallest absolute Gasteiger partial charge is 0.157 e. The van der Waals surface area contributed by atoms with Crippen LogP contribution in [0.2, 0.25) is 0 Å². The summed E-state index contributed by atoms with van der Waals surface area (Å²) in [7, 11) is 0. The second kappa shape index (κ2) is 7.16. The van der Waals surface area contributed by atoms with Gasteiger partial charge in [0.25, 0.3) is 0 Å². The molecule has 0 saturated heterocycles. The van der Waals surface area contributed by atoms with E-state index in [1.165, 1.54) is 6.07 Å². The van der Waals surface area contributed by atoms with E-state index in [4.69, 9.17) is 5.11 Å². The minimum Gasteiger partial charge on any atom is -0.504 e. The Morgan fingerprint density at radius 3 is 2.20 bits per heavy atom. The Balaban J connectivity index is 0.000000921. The lowest BCUT2D eigenvalue weighted by atomic mass is 9.99. The monoisotopic (exact) mass is 210 g/mol. The maximum absolute atomic E-state index is 9.24. The van der Waals surface area contributed by atoms with Crippen LogP contribution >= 0.6 is 0 Å². The zero-order valence-corrected chi connectivity index (χ0v) is 10.1. The van der Waals surface area contributed by atoms with Gasteiger partial charge in [-0.15, -0.1) is 0 Å². The molecule has 0 heterocycles. The van der Waals surface area contributed by atoms with Crippen LogP contribution in [0.1, 0.15) is 39.7 Å². The molecule has 1 atom stereocenters. The molecule has 0 saturated carbocycles. The van der Waals surface area contributed by atoms with Gasteiger partial charge in [0, 0.05) is 0 Å². The summed E-state index contributed by atoms with van der Waals surface area (Å²) in [5.41, 5.74) is 1.07. The Morgan fingerprint density at radius 1 is 1.13 bits per heavy atom. The van der Waals surface area contributed by atoms with Crippen molar-refractivity contribution >= 4 is 0 Å². The molecule has 0 amide bonds. The molecule has 1 aromatic rings. The van der Waals surface area contributed by atoms with Crippen molar-refractivity contribution in [3.8, 4) is 11.5 Å². The van der Waals surface area contributed by atoms with Gasteiger partial charge < -0.3 is 10.2 Å². The molecule has 0 aliphatic heterocycles. The molecule has 86 valence electrons. The van der Waals surface area contributed by atoms with E-state index in [9.17, 15) is 5.11 Å². The molecule has 0 aromatic heterocycles. The largest absolute Gasteiger partial charge is 0.504 e. The topological polar surface area (TPSA) is 40.5 Å². The summed E-state index contributed by atoms with van der Waals surface area (Å²) in [6.07, 6.45) is 2.08. The highest BCUT2D eigenvalue weighted by atomic mass is 16.3. The van der Waals surface area contributed by atoms with Gasteiger partial charge in [0.05, 0.1) is 0 Å². The van der Waals surface area contributed by atoms with Gasteiger partial charge in [-0.05, 0) is 30.0 Å². The van der Waals surface area contributed by atoms with Crippen molar-refractivity contribution in [2.24, 2.45) is 5.92 Å². The molecule has 0 aliphatic carbocycles. The Kier molecular flexibility index (Phi) is 6.59. The highest BCUT2D eigenvalue weighted by Crippen LogP contribution is 2.26. The van der Waals surface area contributed by atoms with Crippen LogP contribution in [0.15, 0.2) is 18.2 Å². The van der Waals surface area contributed by atoms with E-state index in [-0.39, 0.29) is 11.5 Å². The first-order chi connectivity index (χ1) is 7.13. The highest BCUT2D eigenvalue weighted by Gasteiger charge is 2.04. The van der Waals surface area contributed by atoms with Crippen molar-refractivity contribution in [2.75, 3.05) is 0 Å². The number of rotatable bonds is 3. The zero-order valence-electron chi connectivity index (χ0n) is 10.1. The van der Waals surface area contributed by atoms with Crippen molar-refractivity contribution in [1.82, 2.24) is 0 Å². The molecule has 0 radical (unpaired) electrons. The highest BCUT2D eigenvalue weighted by molar-refractivity contribution is 5.40. The first-order valence-electron chi connectivity index (χ1n) is 5.64. The quantitative estimate of drug-likeness (QED) is 0.746. The third-order valence-corrected chi connectivity index (χ3v) is 2.32. The number of aromatic hydroxyl groups is 2. The Morgan fingerprint density at radius 2 is 1.73 bits per heavy atom. The van der Waals surface area contributed by atoms with Crippen LogP contribution in [0.5, 0.6) is 11.5 Å². The minimum atomic E-state index is -0.0482. The first kappa shape index (κ1) is 13.8. The predicted molar refractivity (Wildman–Crippen MR) is 64.3 cm³/mol. The molecule has 15 heavy (non-hydrogen) atoms. The zero-order chi connectivity index (χ0) is 11.8. The molecule has 1 rings (SSSR count). The van der Waals surface area contributed by atoms with Gasteiger partial charge in [-0.1, -0.05) is 40.2 Å². The minimum absolute atomic E-state index is 0.0270. The molecule has 0 aliphatic rings. The number of hydrogen-bond acceptors (Lipinski definition) is 2. The molecular weight excluding hydrogens is 188 g/mol. The van der Waals surface area contributed by atoms with Gasteiger partial charge >= 0.3 is 0 Å². The summed E-state index contributed by atoms with van der Waals surface area (Å²) in [4.78, 5) is 0. The molecule has 0 bridgehead atoms. The van der Waals surface area contributed by atoms with Crippen LogP contribution in [-0.2, 0) is 6.42 Å². The van der Waals surface area contributed by atoms with Crippen molar-refractivity contribution in [3.63, 3.8) is 0 Å². The van der Waals surface area contributed by atoms with Gasteiger partial charge in [0.15, 0.2) is 11.5 Å². The van der Waals surface area contributed by atoms with Crippen molar-refractivity contribution in [1.29, 1.82) is 0 Å². The summed E-state index contributed by atoms with van der Waals surface area (Å²) in [6.45, 7) is 8.31. The van der Waals surface area contributed by atoms with Gasteiger partial charge in [-0.3, -0.25) is 0 Å². The molecule has 1 aromatic carbocycles. The normalized spacial score (nSPS) is 11.5. The van der Waals surface area contributed by atoms with Crippen LogP contribution in [0, 0.1) is 5.92 Å². The lowest BCUT2D eigenvalue weighted by molar-refractivity contribution is 0.402. The summed E-state index contributed by atoms with van der Waals surface area (Å²) >= 11 is 0. The number of benzene rings is 1. The second-order valence-electron chi connectivity index (χ2n) is 3.54. The lowest BCUT2D eigenvalue weighted by Crippen LogP contribution is -1.97. The number of phenolic OH excluding ortho intramolecular Hbond substituents is 2. The summed E-state index contributed by atoms with van der Waals surface area (Å²) in [6, 6.07) is 5.01. The first-order valence-corrected chi connectivity index (χ1v) is 5.64. The molecule has 2 N–H and O–H groups in total. The average Bonchev–Trinajstić information content (AvgIpc) is 2.26. The van der Waals surface area contributed by atoms with Gasteiger partial charge in [-0.25, -0.2) is 0 Å². The van der Waals surface area contributed by atoms with Gasteiger partial charge in [0.2, 0.25) is 0 Å². The lowest BCUT2D eigenvalue weighted by Gasteiger charge is -2.08. The Labute approximate surface area is 92.6 Å². The standard InChI is InChI=1S/C11H16O2.C2H6/c1-3-8(2)6-9-4-5-10(12)11(13)7-9;1-2/h4-5,7-8,12-13H,3,6H2,1-2H3;1-2H3/t8-;/m1./s1.